The van der Waals surface area contributed by atoms with Gasteiger partial charge in [-0.25, -0.2) is 4.79 Å². The van der Waals surface area contributed by atoms with E-state index in [0.717, 1.165) is 0 Å². The number of ether oxygens (including phenoxy) is 2. The van der Waals surface area contributed by atoms with Gasteiger partial charge in [0, 0.05) is 23.8 Å². The fraction of sp³-hybridized carbons (Fsp3) is 0.158. The molecule has 3 rings (SSSR count). The van der Waals surface area contributed by atoms with Crippen molar-refractivity contribution in [3.8, 4) is 11.5 Å². The zero-order chi connectivity index (χ0) is 20.1. The van der Waals surface area contributed by atoms with Gasteiger partial charge in [0.1, 0.15) is 6.61 Å². The smallest absolute Gasteiger partial charge is 0.338 e. The molecule has 0 aliphatic carbocycles. The van der Waals surface area contributed by atoms with Crippen molar-refractivity contribution in [1.29, 1.82) is 0 Å². The van der Waals surface area contributed by atoms with Crippen LogP contribution in [0.5, 0.6) is 11.5 Å². The molecule has 28 heavy (non-hydrogen) atoms. The zero-order valence-corrected chi connectivity index (χ0v) is 16.3. The average molecular weight is 423 g/mol. The molecule has 0 aliphatic heterocycles. The molecule has 0 radical (unpaired) electrons. The Labute approximate surface area is 170 Å². The highest BCUT2D eigenvalue weighted by Gasteiger charge is 2.17. The van der Waals surface area contributed by atoms with Crippen LogP contribution in [0, 0.1) is 0 Å². The van der Waals surface area contributed by atoms with E-state index in [9.17, 15) is 4.79 Å². The maximum Gasteiger partial charge on any atom is 0.338 e. The summed E-state index contributed by atoms with van der Waals surface area (Å²) in [6, 6.07) is 4.70. The lowest BCUT2D eigenvalue weighted by molar-refractivity contribution is 0.319. The van der Waals surface area contributed by atoms with Gasteiger partial charge in [0.15, 0.2) is 11.3 Å². The van der Waals surface area contributed by atoms with Crippen LogP contribution in [0.2, 0.25) is 10.0 Å². The summed E-state index contributed by atoms with van der Waals surface area (Å²) < 4.78 is 16.4. The van der Waals surface area contributed by atoms with E-state index in [1.165, 1.54) is 31.6 Å². The number of fused-ring (bicyclic) bond motifs is 1. The maximum absolute atomic E-state index is 12.2. The highest BCUT2D eigenvalue weighted by molar-refractivity contribution is 6.39. The maximum atomic E-state index is 12.2. The summed E-state index contributed by atoms with van der Waals surface area (Å²) in [6.07, 6.45) is 6.05. The first-order chi connectivity index (χ1) is 13.5. The van der Waals surface area contributed by atoms with Gasteiger partial charge < -0.3 is 24.3 Å². The monoisotopic (exact) mass is 422 g/mol. The van der Waals surface area contributed by atoms with Crippen LogP contribution in [-0.4, -0.2) is 30.4 Å². The number of aliphatic hydroxyl groups is 1. The molecular weight excluding hydrogens is 407 g/mol. The van der Waals surface area contributed by atoms with E-state index < -0.39 is 5.63 Å². The number of nitrogens with zero attached hydrogens (tertiary/aromatic N) is 1. The number of rotatable bonds is 7. The van der Waals surface area contributed by atoms with Crippen molar-refractivity contribution in [3.05, 3.63) is 63.2 Å². The van der Waals surface area contributed by atoms with Crippen molar-refractivity contribution < 1.29 is 19.0 Å². The number of hydrogen-bond acceptors (Lipinski definition) is 7. The minimum atomic E-state index is -0.597. The van der Waals surface area contributed by atoms with Crippen molar-refractivity contribution in [2.45, 2.75) is 0 Å². The third-order valence-corrected chi connectivity index (χ3v) is 4.33. The molecule has 7 nitrogen and oxygen atoms in total. The molecule has 0 saturated heterocycles. The molecule has 2 N–H and O–H groups in total. The normalized spacial score (nSPS) is 11.1. The number of aromatic nitrogens is 1. The highest BCUT2D eigenvalue weighted by atomic mass is 35.5. The second-order valence-electron chi connectivity index (χ2n) is 5.52. The van der Waals surface area contributed by atoms with Gasteiger partial charge in [-0.1, -0.05) is 29.3 Å². The van der Waals surface area contributed by atoms with Crippen LogP contribution in [0.25, 0.3) is 11.0 Å². The first-order valence-electron chi connectivity index (χ1n) is 8.14. The van der Waals surface area contributed by atoms with E-state index in [1.807, 2.05) is 0 Å². The molecule has 1 aromatic carbocycles. The SMILES string of the molecule is COc1ccc2c(Nc3c(Cl)cncc3Cl)cc(=O)oc2c1OC/C=C\CO. The molecule has 2 heterocycles. The molecule has 0 spiro atoms. The molecule has 2 aromatic heterocycles. The van der Waals surface area contributed by atoms with E-state index in [-0.39, 0.29) is 24.5 Å². The fourth-order valence-corrected chi connectivity index (χ4v) is 2.98. The minimum Gasteiger partial charge on any atom is -0.493 e. The Balaban J connectivity index is 2.12. The Morgan fingerprint density at radius 3 is 2.68 bits per heavy atom. The molecule has 9 heteroatoms. The quantitative estimate of drug-likeness (QED) is 0.435. The van der Waals surface area contributed by atoms with Crippen molar-refractivity contribution in [2.24, 2.45) is 0 Å². The number of methoxy groups -OCH3 is 1. The van der Waals surface area contributed by atoms with Gasteiger partial charge in [-0.15, -0.1) is 0 Å². The number of nitrogens with one attached hydrogen (secondary N) is 1. The molecule has 0 amide bonds. The summed E-state index contributed by atoms with van der Waals surface area (Å²) in [5.74, 6) is 0.653. The van der Waals surface area contributed by atoms with E-state index >= 15 is 0 Å². The summed E-state index contributed by atoms with van der Waals surface area (Å²) in [7, 11) is 1.48. The molecule has 146 valence electrons. The lowest BCUT2D eigenvalue weighted by Gasteiger charge is -2.15. The summed E-state index contributed by atoms with van der Waals surface area (Å²) in [5, 5.41) is 13.0. The van der Waals surface area contributed by atoms with Gasteiger partial charge in [0.2, 0.25) is 5.75 Å². The topological polar surface area (TPSA) is 93.8 Å². The average Bonchev–Trinajstić information content (AvgIpc) is 2.68. The predicted octanol–water partition coefficient (Wildman–Crippen LogP) is 4.17. The van der Waals surface area contributed by atoms with Crippen molar-refractivity contribution in [1.82, 2.24) is 4.98 Å². The summed E-state index contributed by atoms with van der Waals surface area (Å²) in [5.41, 5.74) is 0.447. The van der Waals surface area contributed by atoms with Crippen molar-refractivity contribution in [2.75, 3.05) is 25.6 Å². The number of hydrogen-bond donors (Lipinski definition) is 2. The predicted molar refractivity (Wildman–Crippen MR) is 108 cm³/mol. The number of anilines is 2. The molecule has 0 saturated carbocycles. The van der Waals surface area contributed by atoms with E-state index in [1.54, 1.807) is 18.2 Å². The van der Waals surface area contributed by atoms with Crippen LogP contribution in [0.4, 0.5) is 11.4 Å². The fourth-order valence-electron chi connectivity index (χ4n) is 2.52. The first kappa shape index (κ1) is 20.0. The van der Waals surface area contributed by atoms with Crippen LogP contribution < -0.4 is 20.4 Å². The number of benzene rings is 1. The van der Waals surface area contributed by atoms with Gasteiger partial charge in [-0.3, -0.25) is 4.98 Å². The van der Waals surface area contributed by atoms with E-state index in [0.29, 0.717) is 32.6 Å². The number of halogens is 2. The Morgan fingerprint density at radius 1 is 1.25 bits per heavy atom. The van der Waals surface area contributed by atoms with Gasteiger partial charge in [-0.2, -0.15) is 0 Å². The second-order valence-corrected chi connectivity index (χ2v) is 6.34. The Hall–Kier alpha value is -2.74. The van der Waals surface area contributed by atoms with Crippen LogP contribution >= 0.6 is 23.2 Å². The lowest BCUT2D eigenvalue weighted by atomic mass is 10.1. The van der Waals surface area contributed by atoms with Crippen molar-refractivity contribution in [3.63, 3.8) is 0 Å². The van der Waals surface area contributed by atoms with Crippen LogP contribution in [0.1, 0.15) is 0 Å². The molecule has 0 atom stereocenters. The standard InChI is InChI=1S/C19H16Cl2N2O5/c1-26-15-5-4-11-14(23-17-12(20)9-22-10-13(17)21)8-16(25)28-18(11)19(15)27-7-3-2-6-24/h2-5,8-10,24H,6-7H2,1H3,(H,22,23)/b3-2-. The lowest BCUT2D eigenvalue weighted by Crippen LogP contribution is -2.04. The highest BCUT2D eigenvalue weighted by Crippen LogP contribution is 2.39. The van der Waals surface area contributed by atoms with Gasteiger partial charge in [0.25, 0.3) is 0 Å². The number of aliphatic hydroxyl groups excluding tert-OH is 1. The molecule has 0 fully saturated rings. The third-order valence-electron chi connectivity index (χ3n) is 3.76. The van der Waals surface area contributed by atoms with E-state index in [2.05, 4.69) is 10.3 Å². The molecule has 0 unspecified atom stereocenters. The first-order valence-corrected chi connectivity index (χ1v) is 8.90. The molecule has 0 aliphatic rings. The Morgan fingerprint density at radius 2 is 2.00 bits per heavy atom. The van der Waals surface area contributed by atoms with Crippen LogP contribution in [0.15, 0.2) is 52.0 Å². The summed E-state index contributed by atoms with van der Waals surface area (Å²) in [6.45, 7) is 0.0477. The Bertz CT molecular complexity index is 1060. The molecule has 3 aromatic rings. The summed E-state index contributed by atoms with van der Waals surface area (Å²) in [4.78, 5) is 16.1. The summed E-state index contributed by atoms with van der Waals surface area (Å²) >= 11 is 12.3. The Kier molecular flexibility index (Phi) is 6.41. The third kappa shape index (κ3) is 4.22. The van der Waals surface area contributed by atoms with Crippen LogP contribution in [0.3, 0.4) is 0 Å². The van der Waals surface area contributed by atoms with Gasteiger partial charge in [0.05, 0.1) is 35.1 Å². The number of pyridine rings is 1. The van der Waals surface area contributed by atoms with Gasteiger partial charge in [-0.05, 0) is 18.2 Å². The van der Waals surface area contributed by atoms with E-state index in [4.69, 9.17) is 42.2 Å². The van der Waals surface area contributed by atoms with Gasteiger partial charge >= 0.3 is 5.63 Å². The second kappa shape index (κ2) is 8.97. The molecule has 0 bridgehead atoms. The van der Waals surface area contributed by atoms with Crippen LogP contribution in [-0.2, 0) is 0 Å². The zero-order valence-electron chi connectivity index (χ0n) is 14.7. The largest absolute Gasteiger partial charge is 0.493 e. The van der Waals surface area contributed by atoms with Crippen molar-refractivity contribution >= 4 is 45.5 Å². The molecular formula is C19H16Cl2N2O5. The minimum absolute atomic E-state index is 0.105.